The van der Waals surface area contributed by atoms with E-state index in [-0.39, 0.29) is 0 Å². The molecule has 24 heavy (non-hydrogen) atoms. The summed E-state index contributed by atoms with van der Waals surface area (Å²) in [5.74, 6) is -1.44. The zero-order valence-electron chi connectivity index (χ0n) is 13.4. The standard InChI is InChI=1S/C16H19N5O2S/c1-20-7-9-21(10-8-20)13-4-2-12(3-5-13)18-14(22)15(23)19-16-17-6-11-24-16/h2-6,11H,7-10H2,1H3,(H,18,22)(H,17,19,23). The lowest BCUT2D eigenvalue weighted by atomic mass is 10.2. The van der Waals surface area contributed by atoms with Crippen LogP contribution in [0.5, 0.6) is 0 Å². The monoisotopic (exact) mass is 345 g/mol. The van der Waals surface area contributed by atoms with Crippen molar-refractivity contribution in [1.82, 2.24) is 9.88 Å². The molecule has 2 heterocycles. The van der Waals surface area contributed by atoms with Crippen molar-refractivity contribution in [3.05, 3.63) is 35.8 Å². The zero-order valence-corrected chi connectivity index (χ0v) is 14.2. The highest BCUT2D eigenvalue weighted by Crippen LogP contribution is 2.19. The molecule has 0 unspecified atom stereocenters. The van der Waals surface area contributed by atoms with Crippen molar-refractivity contribution in [2.75, 3.05) is 48.8 Å². The first kappa shape index (κ1) is 16.4. The van der Waals surface area contributed by atoms with Crippen molar-refractivity contribution in [1.29, 1.82) is 0 Å². The maximum atomic E-state index is 11.9. The van der Waals surface area contributed by atoms with Gasteiger partial charge in [-0.2, -0.15) is 0 Å². The lowest BCUT2D eigenvalue weighted by molar-refractivity contribution is -0.132. The van der Waals surface area contributed by atoms with Crippen molar-refractivity contribution in [2.45, 2.75) is 0 Å². The van der Waals surface area contributed by atoms with Crippen LogP contribution < -0.4 is 15.5 Å². The smallest absolute Gasteiger partial charge is 0.315 e. The minimum atomic E-state index is -0.729. The van der Waals surface area contributed by atoms with Crippen molar-refractivity contribution >= 4 is 39.7 Å². The molecule has 126 valence electrons. The lowest BCUT2D eigenvalue weighted by Gasteiger charge is -2.34. The van der Waals surface area contributed by atoms with Gasteiger partial charge in [-0.1, -0.05) is 0 Å². The third-order valence-corrected chi connectivity index (χ3v) is 4.54. The summed E-state index contributed by atoms with van der Waals surface area (Å²) < 4.78 is 0. The fourth-order valence-electron chi connectivity index (χ4n) is 2.45. The Labute approximate surface area is 144 Å². The van der Waals surface area contributed by atoms with E-state index in [1.165, 1.54) is 11.3 Å². The van der Waals surface area contributed by atoms with E-state index >= 15 is 0 Å². The van der Waals surface area contributed by atoms with Crippen LogP contribution in [0.3, 0.4) is 0 Å². The number of amides is 2. The number of hydrogen-bond donors (Lipinski definition) is 2. The van der Waals surface area contributed by atoms with Gasteiger partial charge >= 0.3 is 11.8 Å². The fraction of sp³-hybridized carbons (Fsp3) is 0.312. The van der Waals surface area contributed by atoms with E-state index < -0.39 is 11.8 Å². The molecule has 1 aromatic heterocycles. The van der Waals surface area contributed by atoms with Gasteiger partial charge in [-0.3, -0.25) is 14.9 Å². The number of thiazole rings is 1. The highest BCUT2D eigenvalue weighted by molar-refractivity contribution is 7.13. The molecule has 1 saturated heterocycles. The van der Waals surface area contributed by atoms with Gasteiger partial charge < -0.3 is 15.1 Å². The Balaban J connectivity index is 1.55. The van der Waals surface area contributed by atoms with Crippen LogP contribution in [0.2, 0.25) is 0 Å². The lowest BCUT2D eigenvalue weighted by Crippen LogP contribution is -2.44. The Morgan fingerprint density at radius 1 is 1.04 bits per heavy atom. The summed E-state index contributed by atoms with van der Waals surface area (Å²) in [5.41, 5.74) is 1.71. The molecule has 2 N–H and O–H groups in total. The summed E-state index contributed by atoms with van der Waals surface area (Å²) in [6.45, 7) is 4.04. The molecule has 0 atom stereocenters. The third-order valence-electron chi connectivity index (χ3n) is 3.85. The predicted octanol–water partition coefficient (Wildman–Crippen LogP) is 1.47. The number of rotatable bonds is 3. The SMILES string of the molecule is CN1CCN(c2ccc(NC(=O)C(=O)Nc3nccs3)cc2)CC1. The number of anilines is 3. The number of hydrogen-bond acceptors (Lipinski definition) is 6. The maximum absolute atomic E-state index is 11.9. The average Bonchev–Trinajstić information content (AvgIpc) is 3.09. The van der Waals surface area contributed by atoms with Crippen molar-refractivity contribution in [3.63, 3.8) is 0 Å². The van der Waals surface area contributed by atoms with Gasteiger partial charge in [0.15, 0.2) is 5.13 Å². The number of carbonyl (C=O) groups is 2. The highest BCUT2D eigenvalue weighted by atomic mass is 32.1. The minimum Gasteiger partial charge on any atom is -0.369 e. The van der Waals surface area contributed by atoms with Crippen LogP contribution in [0, 0.1) is 0 Å². The first-order valence-corrected chi connectivity index (χ1v) is 8.55. The van der Waals surface area contributed by atoms with Crippen LogP contribution in [-0.2, 0) is 9.59 Å². The number of aromatic nitrogens is 1. The van der Waals surface area contributed by atoms with E-state index in [1.54, 1.807) is 11.6 Å². The molecule has 0 radical (unpaired) electrons. The summed E-state index contributed by atoms with van der Waals surface area (Å²) in [5, 5.41) is 7.17. The van der Waals surface area contributed by atoms with E-state index in [1.807, 2.05) is 24.3 Å². The number of nitrogens with zero attached hydrogens (tertiary/aromatic N) is 3. The van der Waals surface area contributed by atoms with Gasteiger partial charge in [0.25, 0.3) is 0 Å². The van der Waals surface area contributed by atoms with Crippen molar-refractivity contribution in [2.24, 2.45) is 0 Å². The normalized spacial score (nSPS) is 15.1. The van der Waals surface area contributed by atoms with Crippen LogP contribution in [0.1, 0.15) is 0 Å². The maximum Gasteiger partial charge on any atom is 0.315 e. The van der Waals surface area contributed by atoms with Gasteiger partial charge in [0, 0.05) is 49.1 Å². The van der Waals surface area contributed by atoms with Crippen LogP contribution in [0.4, 0.5) is 16.5 Å². The van der Waals surface area contributed by atoms with Gasteiger partial charge in [0.05, 0.1) is 0 Å². The van der Waals surface area contributed by atoms with Crippen molar-refractivity contribution in [3.8, 4) is 0 Å². The van der Waals surface area contributed by atoms with Gasteiger partial charge in [-0.15, -0.1) is 11.3 Å². The Morgan fingerprint density at radius 3 is 2.33 bits per heavy atom. The first-order chi connectivity index (χ1) is 11.6. The number of benzene rings is 1. The van der Waals surface area contributed by atoms with E-state index in [9.17, 15) is 9.59 Å². The Morgan fingerprint density at radius 2 is 1.71 bits per heavy atom. The van der Waals surface area contributed by atoms with Gasteiger partial charge in [0.1, 0.15) is 0 Å². The molecule has 8 heteroatoms. The van der Waals surface area contributed by atoms with Gasteiger partial charge in [-0.05, 0) is 31.3 Å². The quantitative estimate of drug-likeness (QED) is 0.824. The van der Waals surface area contributed by atoms with Crippen LogP contribution in [-0.4, -0.2) is 54.9 Å². The molecule has 2 amide bonds. The molecule has 0 aliphatic carbocycles. The molecule has 3 rings (SSSR count). The molecule has 0 bridgehead atoms. The molecule has 1 aliphatic rings. The zero-order chi connectivity index (χ0) is 16.9. The third kappa shape index (κ3) is 4.09. The first-order valence-electron chi connectivity index (χ1n) is 7.67. The summed E-state index contributed by atoms with van der Waals surface area (Å²) in [7, 11) is 2.12. The van der Waals surface area contributed by atoms with Crippen LogP contribution >= 0.6 is 11.3 Å². The average molecular weight is 345 g/mol. The molecule has 2 aromatic rings. The number of nitrogens with one attached hydrogen (secondary N) is 2. The highest BCUT2D eigenvalue weighted by Gasteiger charge is 2.16. The van der Waals surface area contributed by atoms with E-state index in [0.717, 1.165) is 31.9 Å². The Bertz CT molecular complexity index is 694. The molecule has 0 spiro atoms. The summed E-state index contributed by atoms with van der Waals surface area (Å²) >= 11 is 1.26. The van der Waals surface area contributed by atoms with Gasteiger partial charge in [-0.25, -0.2) is 4.98 Å². The summed E-state index contributed by atoms with van der Waals surface area (Å²) in [4.78, 5) is 32.2. The van der Waals surface area contributed by atoms with Crippen LogP contribution in [0.25, 0.3) is 0 Å². The van der Waals surface area contributed by atoms with E-state index in [2.05, 4.69) is 32.5 Å². The minimum absolute atomic E-state index is 0.403. The van der Waals surface area contributed by atoms with Crippen LogP contribution in [0.15, 0.2) is 35.8 Å². The predicted molar refractivity (Wildman–Crippen MR) is 95.5 cm³/mol. The molecule has 1 aromatic carbocycles. The summed E-state index contributed by atoms with van der Waals surface area (Å²) in [6, 6.07) is 7.53. The Kier molecular flexibility index (Phi) is 5.07. The number of piperazine rings is 1. The number of likely N-dealkylation sites (N-methyl/N-ethyl adjacent to an activating group) is 1. The fourth-order valence-corrected chi connectivity index (χ4v) is 2.97. The molecule has 0 saturated carbocycles. The molecular weight excluding hydrogens is 326 g/mol. The second kappa shape index (κ2) is 7.41. The second-order valence-corrected chi connectivity index (χ2v) is 6.48. The molecule has 7 nitrogen and oxygen atoms in total. The van der Waals surface area contributed by atoms with Crippen molar-refractivity contribution < 1.29 is 9.59 Å². The second-order valence-electron chi connectivity index (χ2n) is 5.58. The largest absolute Gasteiger partial charge is 0.369 e. The van der Waals surface area contributed by atoms with E-state index in [0.29, 0.717) is 10.8 Å². The summed E-state index contributed by atoms with van der Waals surface area (Å²) in [6.07, 6.45) is 1.56. The van der Waals surface area contributed by atoms with Gasteiger partial charge in [0.2, 0.25) is 0 Å². The molecule has 1 fully saturated rings. The topological polar surface area (TPSA) is 77.6 Å². The Hall–Kier alpha value is -2.45. The van der Waals surface area contributed by atoms with E-state index in [4.69, 9.17) is 0 Å². The molecular formula is C16H19N5O2S. The number of carbonyl (C=O) groups excluding carboxylic acids is 2. The molecule has 1 aliphatic heterocycles.